The minimum absolute atomic E-state index is 0.282. The highest BCUT2D eigenvalue weighted by Crippen LogP contribution is 2.24. The van der Waals surface area contributed by atoms with Crippen LogP contribution in [-0.2, 0) is 11.2 Å². The van der Waals surface area contributed by atoms with Gasteiger partial charge in [0.05, 0.1) is 0 Å². The molecule has 0 aliphatic carbocycles. The lowest BCUT2D eigenvalue weighted by Gasteiger charge is -2.16. The lowest BCUT2D eigenvalue weighted by molar-refractivity contribution is -0.108. The second kappa shape index (κ2) is 6.15. The summed E-state index contributed by atoms with van der Waals surface area (Å²) >= 11 is 0. The molecule has 2 aromatic rings. The van der Waals surface area contributed by atoms with Crippen molar-refractivity contribution >= 4 is 6.29 Å². The molecule has 0 aromatic heterocycles. The van der Waals surface area contributed by atoms with Gasteiger partial charge in [0.15, 0.2) is 0 Å². The Bertz CT molecular complexity index is 502. The van der Waals surface area contributed by atoms with Crippen molar-refractivity contribution in [3.8, 4) is 0 Å². The molecule has 0 aliphatic heterocycles. The molecule has 0 saturated heterocycles. The van der Waals surface area contributed by atoms with Crippen molar-refractivity contribution in [3.05, 3.63) is 71.3 Å². The van der Waals surface area contributed by atoms with Crippen LogP contribution in [-0.4, -0.2) is 6.29 Å². The van der Waals surface area contributed by atoms with Gasteiger partial charge in [0.2, 0.25) is 0 Å². The van der Waals surface area contributed by atoms with Crippen LogP contribution in [0, 0.1) is 6.92 Å². The molecular formula is C17H18O. The van der Waals surface area contributed by atoms with Crippen molar-refractivity contribution in [1.82, 2.24) is 0 Å². The van der Waals surface area contributed by atoms with Gasteiger partial charge in [-0.05, 0) is 36.0 Å². The van der Waals surface area contributed by atoms with E-state index in [0.29, 0.717) is 6.42 Å². The second-order valence-corrected chi connectivity index (χ2v) is 4.64. The van der Waals surface area contributed by atoms with Crippen LogP contribution < -0.4 is 0 Å². The molecule has 0 bridgehead atoms. The van der Waals surface area contributed by atoms with Crippen molar-refractivity contribution < 1.29 is 4.79 Å². The SMILES string of the molecule is Cc1ccccc1C[C@@H](CC=O)c1ccccc1. The first-order valence-corrected chi connectivity index (χ1v) is 6.34. The summed E-state index contributed by atoms with van der Waals surface area (Å²) < 4.78 is 0. The Labute approximate surface area is 108 Å². The summed E-state index contributed by atoms with van der Waals surface area (Å²) in [6.07, 6.45) is 2.53. The monoisotopic (exact) mass is 238 g/mol. The minimum atomic E-state index is 0.282. The van der Waals surface area contributed by atoms with Crippen LogP contribution in [0.4, 0.5) is 0 Å². The molecule has 0 amide bonds. The van der Waals surface area contributed by atoms with Gasteiger partial charge in [-0.25, -0.2) is 0 Å². The Hall–Kier alpha value is -1.89. The zero-order valence-electron chi connectivity index (χ0n) is 10.7. The number of carbonyl (C=O) groups is 1. The molecule has 0 spiro atoms. The molecule has 0 saturated carbocycles. The predicted molar refractivity (Wildman–Crippen MR) is 74.7 cm³/mol. The number of benzene rings is 2. The zero-order chi connectivity index (χ0) is 12.8. The molecule has 18 heavy (non-hydrogen) atoms. The molecule has 1 nitrogen and oxygen atoms in total. The van der Waals surface area contributed by atoms with Gasteiger partial charge in [0, 0.05) is 6.42 Å². The lowest BCUT2D eigenvalue weighted by Crippen LogP contribution is -2.05. The third-order valence-electron chi connectivity index (χ3n) is 3.38. The molecule has 92 valence electrons. The molecule has 0 aliphatic rings. The van der Waals surface area contributed by atoms with Crippen LogP contribution in [0.5, 0.6) is 0 Å². The van der Waals surface area contributed by atoms with E-state index in [0.717, 1.165) is 12.7 Å². The van der Waals surface area contributed by atoms with E-state index >= 15 is 0 Å². The Morgan fingerprint density at radius 2 is 1.67 bits per heavy atom. The maximum absolute atomic E-state index is 10.9. The van der Waals surface area contributed by atoms with E-state index in [4.69, 9.17) is 0 Å². The van der Waals surface area contributed by atoms with Crippen molar-refractivity contribution in [2.24, 2.45) is 0 Å². The van der Waals surface area contributed by atoms with Crippen LogP contribution in [0.1, 0.15) is 29.0 Å². The Kier molecular flexibility index (Phi) is 4.30. The molecule has 0 radical (unpaired) electrons. The van der Waals surface area contributed by atoms with Crippen molar-refractivity contribution in [1.29, 1.82) is 0 Å². The number of carbonyl (C=O) groups excluding carboxylic acids is 1. The molecule has 1 atom stereocenters. The molecule has 1 heteroatoms. The zero-order valence-corrected chi connectivity index (χ0v) is 10.7. The highest BCUT2D eigenvalue weighted by atomic mass is 16.1. The van der Waals surface area contributed by atoms with Crippen LogP contribution in [0.3, 0.4) is 0 Å². The summed E-state index contributed by atoms with van der Waals surface area (Å²) in [6, 6.07) is 18.7. The standard InChI is InChI=1S/C17H18O/c1-14-7-5-6-10-16(14)13-17(11-12-18)15-8-3-2-4-9-15/h2-10,12,17H,11,13H2,1H3/t17-/m1/s1. The number of hydrogen-bond donors (Lipinski definition) is 0. The largest absolute Gasteiger partial charge is 0.303 e. The number of aryl methyl sites for hydroxylation is 1. The second-order valence-electron chi connectivity index (χ2n) is 4.64. The highest BCUT2D eigenvalue weighted by molar-refractivity contribution is 5.52. The smallest absolute Gasteiger partial charge is 0.120 e. The third kappa shape index (κ3) is 3.07. The summed E-state index contributed by atoms with van der Waals surface area (Å²) in [4.78, 5) is 10.9. The average molecular weight is 238 g/mol. The van der Waals surface area contributed by atoms with E-state index in [1.54, 1.807) is 0 Å². The van der Waals surface area contributed by atoms with Crippen molar-refractivity contribution in [2.45, 2.75) is 25.7 Å². The predicted octanol–water partition coefficient (Wildman–Crippen LogP) is 3.91. The van der Waals surface area contributed by atoms with Gasteiger partial charge in [0.1, 0.15) is 6.29 Å². The quantitative estimate of drug-likeness (QED) is 0.722. The summed E-state index contributed by atoms with van der Waals surface area (Å²) in [6.45, 7) is 2.12. The third-order valence-corrected chi connectivity index (χ3v) is 3.38. The fourth-order valence-electron chi connectivity index (χ4n) is 2.28. The molecule has 0 heterocycles. The van der Waals surface area contributed by atoms with E-state index in [2.05, 4.69) is 43.3 Å². The molecule has 2 rings (SSSR count). The van der Waals surface area contributed by atoms with Crippen LogP contribution in [0.25, 0.3) is 0 Å². The Balaban J connectivity index is 2.22. The number of aldehydes is 1. The first kappa shape index (κ1) is 12.6. The number of hydrogen-bond acceptors (Lipinski definition) is 1. The molecule has 2 aromatic carbocycles. The normalized spacial score (nSPS) is 12.1. The first-order valence-electron chi connectivity index (χ1n) is 6.34. The Morgan fingerprint density at radius 3 is 2.33 bits per heavy atom. The first-order chi connectivity index (χ1) is 8.81. The van der Waals surface area contributed by atoms with Gasteiger partial charge in [-0.3, -0.25) is 0 Å². The summed E-state index contributed by atoms with van der Waals surface area (Å²) in [5.74, 6) is 0.282. The van der Waals surface area contributed by atoms with Crippen LogP contribution >= 0.6 is 0 Å². The topological polar surface area (TPSA) is 17.1 Å². The number of rotatable bonds is 5. The van der Waals surface area contributed by atoms with E-state index in [1.165, 1.54) is 16.7 Å². The fraction of sp³-hybridized carbons (Fsp3) is 0.235. The van der Waals surface area contributed by atoms with E-state index < -0.39 is 0 Å². The van der Waals surface area contributed by atoms with Gasteiger partial charge in [-0.2, -0.15) is 0 Å². The van der Waals surface area contributed by atoms with E-state index in [1.807, 2.05) is 18.2 Å². The summed E-state index contributed by atoms with van der Waals surface area (Å²) in [5.41, 5.74) is 3.87. The minimum Gasteiger partial charge on any atom is -0.303 e. The molecular weight excluding hydrogens is 220 g/mol. The van der Waals surface area contributed by atoms with Crippen molar-refractivity contribution in [2.75, 3.05) is 0 Å². The van der Waals surface area contributed by atoms with Crippen LogP contribution in [0.15, 0.2) is 54.6 Å². The van der Waals surface area contributed by atoms with Gasteiger partial charge in [-0.1, -0.05) is 54.6 Å². The fourth-order valence-corrected chi connectivity index (χ4v) is 2.28. The molecule has 0 fully saturated rings. The van der Waals surface area contributed by atoms with Crippen molar-refractivity contribution in [3.63, 3.8) is 0 Å². The van der Waals surface area contributed by atoms with Gasteiger partial charge < -0.3 is 4.79 Å². The van der Waals surface area contributed by atoms with Gasteiger partial charge >= 0.3 is 0 Å². The maximum Gasteiger partial charge on any atom is 0.120 e. The average Bonchev–Trinajstić information content (AvgIpc) is 2.42. The van der Waals surface area contributed by atoms with E-state index in [-0.39, 0.29) is 5.92 Å². The molecule has 0 unspecified atom stereocenters. The molecule has 0 N–H and O–H groups in total. The maximum atomic E-state index is 10.9. The summed E-state index contributed by atoms with van der Waals surface area (Å²) in [5, 5.41) is 0. The Morgan fingerprint density at radius 1 is 1.00 bits per heavy atom. The summed E-state index contributed by atoms with van der Waals surface area (Å²) in [7, 11) is 0. The van der Waals surface area contributed by atoms with Gasteiger partial charge in [-0.15, -0.1) is 0 Å². The van der Waals surface area contributed by atoms with Crippen LogP contribution in [0.2, 0.25) is 0 Å². The lowest BCUT2D eigenvalue weighted by atomic mass is 9.88. The van der Waals surface area contributed by atoms with Gasteiger partial charge in [0.25, 0.3) is 0 Å². The van der Waals surface area contributed by atoms with E-state index in [9.17, 15) is 4.79 Å². The highest BCUT2D eigenvalue weighted by Gasteiger charge is 2.12.